The molecule has 0 spiro atoms. The van der Waals surface area contributed by atoms with Crippen molar-refractivity contribution in [3.63, 3.8) is 0 Å². The molecule has 0 unspecified atom stereocenters. The number of carbonyl (C=O) groups is 1. The zero-order valence-electron chi connectivity index (χ0n) is 15.1. The maximum atomic E-state index is 12.3. The predicted molar refractivity (Wildman–Crippen MR) is 98.2 cm³/mol. The summed E-state index contributed by atoms with van der Waals surface area (Å²) in [5.74, 6) is 1.18. The maximum absolute atomic E-state index is 12.3. The first-order chi connectivity index (χ1) is 13.5. The van der Waals surface area contributed by atoms with Gasteiger partial charge >= 0.3 is 6.61 Å². The Bertz CT molecular complexity index is 926. The molecule has 1 heterocycles. The van der Waals surface area contributed by atoms with Gasteiger partial charge < -0.3 is 19.4 Å². The van der Waals surface area contributed by atoms with Gasteiger partial charge in [0, 0.05) is 31.5 Å². The highest BCUT2D eigenvalue weighted by molar-refractivity contribution is 5.94. The zero-order valence-corrected chi connectivity index (χ0v) is 15.1. The van der Waals surface area contributed by atoms with Crippen LogP contribution in [0.5, 0.6) is 11.5 Å². The normalized spacial score (nSPS) is 10.7. The summed E-state index contributed by atoms with van der Waals surface area (Å²) in [6.45, 7) is -2.37. The number of nitrogens with one attached hydrogen (secondary N) is 1. The van der Waals surface area contributed by atoms with E-state index in [4.69, 9.17) is 4.74 Å². The molecule has 0 radical (unpaired) electrons. The van der Waals surface area contributed by atoms with Gasteiger partial charge in [-0.15, -0.1) is 0 Å². The van der Waals surface area contributed by atoms with Crippen LogP contribution in [0.3, 0.4) is 0 Å². The number of alkyl halides is 2. The Labute approximate surface area is 160 Å². The summed E-state index contributed by atoms with van der Waals surface area (Å²) in [7, 11) is 1.88. The lowest BCUT2D eigenvalue weighted by atomic mass is 10.2. The van der Waals surface area contributed by atoms with Crippen LogP contribution in [-0.2, 0) is 20.2 Å². The molecule has 0 aliphatic heterocycles. The minimum absolute atomic E-state index is 0.0518. The predicted octanol–water partition coefficient (Wildman–Crippen LogP) is 3.53. The van der Waals surface area contributed by atoms with Gasteiger partial charge in [0.05, 0.1) is 0 Å². The van der Waals surface area contributed by atoms with Gasteiger partial charge in [0.15, 0.2) is 0 Å². The van der Waals surface area contributed by atoms with Crippen LogP contribution in [0.2, 0.25) is 0 Å². The lowest BCUT2D eigenvalue weighted by molar-refractivity contribution is -0.0498. The average Bonchev–Trinajstić information content (AvgIpc) is 3.09. The second kappa shape index (κ2) is 8.98. The lowest BCUT2D eigenvalue weighted by Crippen LogP contribution is -2.22. The molecule has 0 saturated heterocycles. The molecular weight excluding hydrogens is 368 g/mol. The summed E-state index contributed by atoms with van der Waals surface area (Å²) >= 11 is 0. The van der Waals surface area contributed by atoms with Gasteiger partial charge in [0.2, 0.25) is 0 Å². The number of hydrogen-bond acceptors (Lipinski definition) is 4. The summed E-state index contributed by atoms with van der Waals surface area (Å²) in [4.78, 5) is 16.4. The van der Waals surface area contributed by atoms with Crippen LogP contribution >= 0.6 is 0 Å². The van der Waals surface area contributed by atoms with Crippen LogP contribution in [0, 0.1) is 0 Å². The molecule has 28 heavy (non-hydrogen) atoms. The fourth-order valence-electron chi connectivity index (χ4n) is 2.50. The SMILES string of the molecule is Cn1ccnc1COc1ccc(C(=O)NCc2cccc(OC(F)F)c2)cc1. The molecule has 3 rings (SSSR count). The Morgan fingerprint density at radius 2 is 1.96 bits per heavy atom. The molecule has 0 aliphatic rings. The van der Waals surface area contributed by atoms with Gasteiger partial charge in [-0.2, -0.15) is 8.78 Å². The molecule has 1 N–H and O–H groups in total. The van der Waals surface area contributed by atoms with Crippen LogP contribution in [0.15, 0.2) is 60.9 Å². The number of halogens is 2. The largest absolute Gasteiger partial charge is 0.486 e. The van der Waals surface area contributed by atoms with E-state index in [1.807, 2.05) is 17.8 Å². The van der Waals surface area contributed by atoms with E-state index in [9.17, 15) is 13.6 Å². The van der Waals surface area contributed by atoms with Crippen LogP contribution in [0.25, 0.3) is 0 Å². The molecule has 3 aromatic rings. The Kier molecular flexibility index (Phi) is 6.21. The third-order valence-corrected chi connectivity index (χ3v) is 3.98. The molecule has 0 fully saturated rings. The summed E-state index contributed by atoms with van der Waals surface area (Å²) in [5.41, 5.74) is 1.12. The van der Waals surface area contributed by atoms with Crippen molar-refractivity contribution in [2.24, 2.45) is 7.05 Å². The minimum Gasteiger partial charge on any atom is -0.486 e. The number of benzene rings is 2. The molecule has 1 amide bonds. The summed E-state index contributed by atoms with van der Waals surface area (Å²) in [6, 6.07) is 12.9. The first kappa shape index (κ1) is 19.3. The third kappa shape index (κ3) is 5.29. The maximum Gasteiger partial charge on any atom is 0.387 e. The molecule has 0 aliphatic carbocycles. The number of hydrogen-bond donors (Lipinski definition) is 1. The highest BCUT2D eigenvalue weighted by atomic mass is 19.3. The van der Waals surface area contributed by atoms with E-state index in [0.29, 0.717) is 23.5 Å². The van der Waals surface area contributed by atoms with Crippen molar-refractivity contribution in [1.82, 2.24) is 14.9 Å². The van der Waals surface area contributed by atoms with Crippen molar-refractivity contribution < 1.29 is 23.0 Å². The van der Waals surface area contributed by atoms with Gasteiger partial charge in [0.1, 0.15) is 23.9 Å². The fourth-order valence-corrected chi connectivity index (χ4v) is 2.50. The molecular formula is C20H19F2N3O3. The lowest BCUT2D eigenvalue weighted by Gasteiger charge is -2.09. The van der Waals surface area contributed by atoms with Crippen LogP contribution in [0.4, 0.5) is 8.78 Å². The Morgan fingerprint density at radius 3 is 2.64 bits per heavy atom. The van der Waals surface area contributed by atoms with Crippen LogP contribution in [0.1, 0.15) is 21.7 Å². The molecule has 0 saturated carbocycles. The molecule has 6 nitrogen and oxygen atoms in total. The van der Waals surface area contributed by atoms with Gasteiger partial charge in [-0.25, -0.2) is 4.98 Å². The van der Waals surface area contributed by atoms with E-state index < -0.39 is 6.61 Å². The van der Waals surface area contributed by atoms with Gasteiger partial charge in [-0.1, -0.05) is 12.1 Å². The van der Waals surface area contributed by atoms with E-state index in [2.05, 4.69) is 15.0 Å². The number of aromatic nitrogens is 2. The number of ether oxygens (including phenoxy) is 2. The molecule has 8 heteroatoms. The second-order valence-corrected chi connectivity index (χ2v) is 5.98. The van der Waals surface area contributed by atoms with Gasteiger partial charge in [0.25, 0.3) is 5.91 Å². The van der Waals surface area contributed by atoms with Crippen molar-refractivity contribution >= 4 is 5.91 Å². The number of imidazole rings is 1. The standard InChI is InChI=1S/C20H19F2N3O3/c1-25-10-9-23-18(25)13-27-16-7-5-15(6-8-16)19(26)24-12-14-3-2-4-17(11-14)28-20(21)22/h2-11,20H,12-13H2,1H3,(H,24,26). The number of rotatable bonds is 8. The summed E-state index contributed by atoms with van der Waals surface area (Å²) in [6.07, 6.45) is 3.53. The van der Waals surface area contributed by atoms with Crippen molar-refractivity contribution in [1.29, 1.82) is 0 Å². The number of amides is 1. The molecule has 0 bridgehead atoms. The van der Waals surface area contributed by atoms with E-state index in [1.165, 1.54) is 12.1 Å². The van der Waals surface area contributed by atoms with Gasteiger partial charge in [-0.05, 0) is 42.0 Å². The van der Waals surface area contributed by atoms with Crippen LogP contribution < -0.4 is 14.8 Å². The topological polar surface area (TPSA) is 65.4 Å². The first-order valence-corrected chi connectivity index (χ1v) is 8.52. The molecule has 2 aromatic carbocycles. The Hall–Kier alpha value is -3.42. The summed E-state index contributed by atoms with van der Waals surface area (Å²) < 4.78 is 36.4. The minimum atomic E-state index is -2.89. The highest BCUT2D eigenvalue weighted by Crippen LogP contribution is 2.17. The summed E-state index contributed by atoms with van der Waals surface area (Å²) in [5, 5.41) is 2.74. The van der Waals surface area contributed by atoms with E-state index in [0.717, 1.165) is 5.82 Å². The van der Waals surface area contributed by atoms with E-state index in [-0.39, 0.29) is 18.2 Å². The highest BCUT2D eigenvalue weighted by Gasteiger charge is 2.08. The first-order valence-electron chi connectivity index (χ1n) is 8.52. The fraction of sp³-hybridized carbons (Fsp3) is 0.200. The second-order valence-electron chi connectivity index (χ2n) is 5.98. The number of nitrogens with zero attached hydrogens (tertiary/aromatic N) is 2. The van der Waals surface area contributed by atoms with Crippen molar-refractivity contribution in [2.45, 2.75) is 19.8 Å². The van der Waals surface area contributed by atoms with E-state index >= 15 is 0 Å². The van der Waals surface area contributed by atoms with E-state index in [1.54, 1.807) is 42.6 Å². The molecule has 1 aromatic heterocycles. The zero-order chi connectivity index (χ0) is 19.9. The van der Waals surface area contributed by atoms with Crippen LogP contribution in [-0.4, -0.2) is 22.1 Å². The molecule has 0 atom stereocenters. The van der Waals surface area contributed by atoms with Crippen molar-refractivity contribution in [3.8, 4) is 11.5 Å². The molecule has 146 valence electrons. The Morgan fingerprint density at radius 1 is 1.18 bits per heavy atom. The van der Waals surface area contributed by atoms with Crippen molar-refractivity contribution in [3.05, 3.63) is 77.9 Å². The van der Waals surface area contributed by atoms with Crippen molar-refractivity contribution in [2.75, 3.05) is 0 Å². The monoisotopic (exact) mass is 387 g/mol. The number of carbonyl (C=O) groups excluding carboxylic acids is 1. The average molecular weight is 387 g/mol. The third-order valence-electron chi connectivity index (χ3n) is 3.98. The quantitative estimate of drug-likeness (QED) is 0.642. The van der Waals surface area contributed by atoms with Gasteiger partial charge in [-0.3, -0.25) is 4.79 Å². The number of aryl methyl sites for hydroxylation is 1. The Balaban J connectivity index is 1.52. The smallest absolute Gasteiger partial charge is 0.387 e.